The van der Waals surface area contributed by atoms with Crippen LogP contribution in [0.2, 0.25) is 4.34 Å². The van der Waals surface area contributed by atoms with Crippen molar-refractivity contribution in [2.24, 2.45) is 5.92 Å². The minimum absolute atomic E-state index is 0.240. The molecule has 1 aromatic rings. The predicted molar refractivity (Wildman–Crippen MR) is 78.4 cm³/mol. The topological polar surface area (TPSA) is 46.2 Å². The van der Waals surface area contributed by atoms with Crippen molar-refractivity contribution in [3.05, 3.63) is 16.0 Å². The molecule has 0 aliphatic rings. The average Bonchev–Trinajstić information content (AvgIpc) is 2.58. The Morgan fingerprint density at radius 2 is 2.06 bits per heavy atom. The van der Waals surface area contributed by atoms with Crippen LogP contribution in [0.1, 0.15) is 25.8 Å². The maximum absolute atomic E-state index is 12.1. The van der Waals surface area contributed by atoms with Gasteiger partial charge in [0, 0.05) is 11.9 Å². The van der Waals surface area contributed by atoms with Gasteiger partial charge < -0.3 is 0 Å². The molecule has 1 atom stereocenters. The Morgan fingerprint density at radius 1 is 1.44 bits per heavy atom. The summed E-state index contributed by atoms with van der Waals surface area (Å²) in [4.78, 5) is 0. The first-order valence-electron chi connectivity index (χ1n) is 5.60. The van der Waals surface area contributed by atoms with Crippen molar-refractivity contribution in [2.75, 3.05) is 5.88 Å². The third-order valence-corrected chi connectivity index (χ3v) is 6.29. The van der Waals surface area contributed by atoms with Crippen molar-refractivity contribution in [1.82, 2.24) is 4.72 Å². The van der Waals surface area contributed by atoms with E-state index in [-0.39, 0.29) is 16.1 Å². The summed E-state index contributed by atoms with van der Waals surface area (Å²) < 4.78 is 27.6. The molecule has 0 radical (unpaired) electrons. The lowest BCUT2D eigenvalue weighted by molar-refractivity contribution is 0.486. The number of halogens is 2. The van der Waals surface area contributed by atoms with Crippen molar-refractivity contribution in [3.63, 3.8) is 0 Å². The summed E-state index contributed by atoms with van der Waals surface area (Å²) in [5, 5.41) is 0. The van der Waals surface area contributed by atoms with Gasteiger partial charge in [0.15, 0.2) is 0 Å². The summed E-state index contributed by atoms with van der Waals surface area (Å²) in [7, 11) is -3.52. The highest BCUT2D eigenvalue weighted by Gasteiger charge is 2.22. The minimum Gasteiger partial charge on any atom is -0.206 e. The second kappa shape index (κ2) is 6.57. The van der Waals surface area contributed by atoms with Crippen molar-refractivity contribution in [1.29, 1.82) is 0 Å². The summed E-state index contributed by atoms with van der Waals surface area (Å²) in [6.45, 7) is 5.84. The van der Waals surface area contributed by atoms with Gasteiger partial charge >= 0.3 is 0 Å². The fourth-order valence-electron chi connectivity index (χ4n) is 1.55. The summed E-state index contributed by atoms with van der Waals surface area (Å²) in [6, 6.07) is 1.33. The second-order valence-corrected chi connectivity index (χ2v) is 8.53. The Morgan fingerprint density at radius 3 is 2.44 bits per heavy atom. The molecule has 1 rings (SSSR count). The van der Waals surface area contributed by atoms with Crippen LogP contribution in [0, 0.1) is 12.8 Å². The van der Waals surface area contributed by atoms with Gasteiger partial charge in [-0.15, -0.1) is 22.9 Å². The Kier molecular flexibility index (Phi) is 5.93. The molecule has 1 N–H and O–H groups in total. The Labute approximate surface area is 123 Å². The van der Waals surface area contributed by atoms with E-state index in [2.05, 4.69) is 4.72 Å². The molecule has 0 aromatic carbocycles. The van der Waals surface area contributed by atoms with Crippen LogP contribution < -0.4 is 4.72 Å². The standard InChI is InChI=1S/C11H17Cl2NO2S2/c1-7(2)4-9(6-12)14-18(15,16)10-5-8(3)11(13)17-10/h5,7,9,14H,4,6H2,1-3H3. The Balaban J connectivity index is 2.87. The predicted octanol–water partition coefficient (Wildman–Crippen LogP) is 3.64. The van der Waals surface area contributed by atoms with Crippen LogP contribution in [0.4, 0.5) is 0 Å². The number of nitrogens with one attached hydrogen (secondary N) is 1. The van der Waals surface area contributed by atoms with Crippen molar-refractivity contribution < 1.29 is 8.42 Å². The first kappa shape index (κ1) is 16.2. The number of sulfonamides is 1. The summed E-state index contributed by atoms with van der Waals surface area (Å²) in [5.74, 6) is 0.639. The van der Waals surface area contributed by atoms with E-state index < -0.39 is 10.0 Å². The number of thiophene rings is 1. The van der Waals surface area contributed by atoms with Crippen LogP contribution in [0.5, 0.6) is 0 Å². The van der Waals surface area contributed by atoms with E-state index in [0.717, 1.165) is 16.9 Å². The summed E-state index contributed by atoms with van der Waals surface area (Å²) >= 11 is 12.7. The minimum atomic E-state index is -3.52. The zero-order valence-electron chi connectivity index (χ0n) is 10.5. The summed E-state index contributed by atoms with van der Waals surface area (Å²) in [5.41, 5.74) is 0.772. The lowest BCUT2D eigenvalue weighted by atomic mass is 10.1. The van der Waals surface area contributed by atoms with Gasteiger partial charge in [-0.3, -0.25) is 0 Å². The molecule has 0 amide bonds. The zero-order chi connectivity index (χ0) is 13.9. The van der Waals surface area contributed by atoms with Gasteiger partial charge in [-0.05, 0) is 30.9 Å². The molecule has 0 bridgehead atoms. The van der Waals surface area contributed by atoms with Crippen LogP contribution in [0.25, 0.3) is 0 Å². The van der Waals surface area contributed by atoms with Crippen molar-refractivity contribution in [2.45, 2.75) is 37.4 Å². The number of aryl methyl sites for hydroxylation is 1. The van der Waals surface area contributed by atoms with E-state index in [0.29, 0.717) is 16.7 Å². The molecule has 1 unspecified atom stereocenters. The third-order valence-electron chi connectivity index (χ3n) is 2.36. The SMILES string of the molecule is Cc1cc(S(=O)(=O)NC(CCl)CC(C)C)sc1Cl. The lowest BCUT2D eigenvalue weighted by Gasteiger charge is -2.17. The van der Waals surface area contributed by atoms with Gasteiger partial charge in [0.1, 0.15) is 4.21 Å². The van der Waals surface area contributed by atoms with Gasteiger partial charge in [-0.25, -0.2) is 13.1 Å². The second-order valence-electron chi connectivity index (χ2n) is 4.62. The molecule has 0 saturated heterocycles. The number of rotatable bonds is 6. The fraction of sp³-hybridized carbons (Fsp3) is 0.636. The smallest absolute Gasteiger partial charge is 0.206 e. The molecule has 18 heavy (non-hydrogen) atoms. The van der Waals surface area contributed by atoms with E-state index in [4.69, 9.17) is 23.2 Å². The number of alkyl halides is 1. The van der Waals surface area contributed by atoms with Crippen LogP contribution in [-0.2, 0) is 10.0 Å². The summed E-state index contributed by atoms with van der Waals surface area (Å²) in [6.07, 6.45) is 0.709. The van der Waals surface area contributed by atoms with E-state index in [1.165, 1.54) is 0 Å². The van der Waals surface area contributed by atoms with Crippen LogP contribution in [-0.4, -0.2) is 20.3 Å². The average molecular weight is 330 g/mol. The van der Waals surface area contributed by atoms with Gasteiger partial charge in [0.25, 0.3) is 0 Å². The van der Waals surface area contributed by atoms with E-state index in [1.807, 2.05) is 13.8 Å². The quantitative estimate of drug-likeness (QED) is 0.810. The van der Waals surface area contributed by atoms with E-state index in [9.17, 15) is 8.42 Å². The molecule has 7 heteroatoms. The molecule has 1 heterocycles. The highest BCUT2D eigenvalue weighted by Crippen LogP contribution is 2.30. The maximum Gasteiger partial charge on any atom is 0.250 e. The Hall–Kier alpha value is 0.190. The lowest BCUT2D eigenvalue weighted by Crippen LogP contribution is -2.36. The molecular weight excluding hydrogens is 313 g/mol. The molecule has 104 valence electrons. The van der Waals surface area contributed by atoms with Crippen molar-refractivity contribution >= 4 is 44.6 Å². The largest absolute Gasteiger partial charge is 0.250 e. The molecule has 1 aromatic heterocycles. The molecule has 0 spiro atoms. The fourth-order valence-corrected chi connectivity index (χ4v) is 4.82. The molecular formula is C11H17Cl2NO2S2. The van der Waals surface area contributed by atoms with E-state index in [1.54, 1.807) is 13.0 Å². The van der Waals surface area contributed by atoms with Crippen molar-refractivity contribution in [3.8, 4) is 0 Å². The normalized spacial score (nSPS) is 14.1. The molecule has 0 aliphatic heterocycles. The highest BCUT2D eigenvalue weighted by molar-refractivity contribution is 7.91. The first-order chi connectivity index (χ1) is 8.26. The van der Waals surface area contributed by atoms with Crippen LogP contribution in [0.3, 0.4) is 0 Å². The number of hydrogen-bond donors (Lipinski definition) is 1. The maximum atomic E-state index is 12.1. The third kappa shape index (κ3) is 4.38. The van der Waals surface area contributed by atoms with Gasteiger partial charge in [-0.1, -0.05) is 25.4 Å². The molecule has 0 saturated carbocycles. The zero-order valence-corrected chi connectivity index (χ0v) is 13.7. The van der Waals surface area contributed by atoms with Gasteiger partial charge in [0.05, 0.1) is 4.34 Å². The van der Waals surface area contributed by atoms with Crippen LogP contribution in [0.15, 0.2) is 10.3 Å². The number of hydrogen-bond acceptors (Lipinski definition) is 3. The monoisotopic (exact) mass is 329 g/mol. The molecule has 3 nitrogen and oxygen atoms in total. The van der Waals surface area contributed by atoms with E-state index >= 15 is 0 Å². The molecule has 0 fully saturated rings. The van der Waals surface area contributed by atoms with Crippen LogP contribution >= 0.6 is 34.5 Å². The Bertz CT molecular complexity index is 478. The molecule has 0 aliphatic carbocycles. The van der Waals surface area contributed by atoms with Gasteiger partial charge in [-0.2, -0.15) is 0 Å². The van der Waals surface area contributed by atoms with Gasteiger partial charge in [0.2, 0.25) is 10.0 Å². The first-order valence-corrected chi connectivity index (χ1v) is 8.81. The highest BCUT2D eigenvalue weighted by atomic mass is 35.5.